The molecule has 0 aliphatic carbocycles. The van der Waals surface area contributed by atoms with Gasteiger partial charge in [-0.15, -0.1) is 0 Å². The molecule has 4 atom stereocenters. The van der Waals surface area contributed by atoms with Crippen LogP contribution in [0.4, 0.5) is 0 Å². The van der Waals surface area contributed by atoms with Crippen LogP contribution in [0.1, 0.15) is 86.5 Å². The topological polar surface area (TPSA) is 0 Å². The van der Waals surface area contributed by atoms with Gasteiger partial charge in [-0.3, -0.25) is 0 Å². The third-order valence-corrected chi connectivity index (χ3v) is 4.88. The van der Waals surface area contributed by atoms with Crippen molar-refractivity contribution < 1.29 is 0 Å². The molecule has 0 fully saturated rings. The Morgan fingerprint density at radius 2 is 1.41 bits per heavy atom. The summed E-state index contributed by atoms with van der Waals surface area (Å²) < 4.78 is 0. The standard InChI is InChI=1S/C17H36/c1-7-11-15(5)16(6)17(9-3)13-10-12-14(4)8-2/h14-17H,7-13H2,1-6H3. The summed E-state index contributed by atoms with van der Waals surface area (Å²) in [5.74, 6) is 3.71. The van der Waals surface area contributed by atoms with E-state index >= 15 is 0 Å². The van der Waals surface area contributed by atoms with Crippen molar-refractivity contribution in [2.75, 3.05) is 0 Å². The molecule has 0 heteroatoms. The van der Waals surface area contributed by atoms with Gasteiger partial charge in [0.1, 0.15) is 0 Å². The normalized spacial score (nSPS) is 18.7. The van der Waals surface area contributed by atoms with Crippen LogP contribution >= 0.6 is 0 Å². The summed E-state index contributed by atoms with van der Waals surface area (Å²) in [6.07, 6.45) is 9.79. The van der Waals surface area contributed by atoms with Gasteiger partial charge in [0.2, 0.25) is 0 Å². The van der Waals surface area contributed by atoms with Crippen LogP contribution in [0.2, 0.25) is 0 Å². The van der Waals surface area contributed by atoms with Crippen molar-refractivity contribution in [3.05, 3.63) is 0 Å². The highest BCUT2D eigenvalue weighted by atomic mass is 14.3. The average molecular weight is 240 g/mol. The highest BCUT2D eigenvalue weighted by Gasteiger charge is 2.20. The van der Waals surface area contributed by atoms with Gasteiger partial charge in [0.05, 0.1) is 0 Å². The van der Waals surface area contributed by atoms with E-state index in [1.165, 1.54) is 44.9 Å². The molecule has 0 amide bonds. The molecule has 0 aliphatic rings. The lowest BCUT2D eigenvalue weighted by molar-refractivity contribution is 0.223. The molecular weight excluding hydrogens is 204 g/mol. The molecule has 0 aromatic rings. The highest BCUT2D eigenvalue weighted by Crippen LogP contribution is 2.31. The Labute approximate surface area is 111 Å². The second-order valence-electron chi connectivity index (χ2n) is 6.24. The SMILES string of the molecule is CCCC(C)C(C)C(CC)CCCC(C)CC. The predicted octanol–water partition coefficient (Wildman–Crippen LogP) is 6.30. The minimum atomic E-state index is 0.911. The molecule has 0 heterocycles. The minimum absolute atomic E-state index is 0.911. The summed E-state index contributed by atoms with van der Waals surface area (Å²) in [4.78, 5) is 0. The second-order valence-corrected chi connectivity index (χ2v) is 6.24. The third kappa shape index (κ3) is 7.11. The van der Waals surface area contributed by atoms with Crippen molar-refractivity contribution in [2.45, 2.75) is 86.5 Å². The van der Waals surface area contributed by atoms with Crippen LogP contribution in [0.15, 0.2) is 0 Å². The van der Waals surface area contributed by atoms with Crippen LogP contribution in [-0.2, 0) is 0 Å². The van der Waals surface area contributed by atoms with Crippen molar-refractivity contribution >= 4 is 0 Å². The average Bonchev–Trinajstić information content (AvgIpc) is 2.33. The molecular formula is C17H36. The smallest absolute Gasteiger partial charge is 0.0389 e. The van der Waals surface area contributed by atoms with Crippen LogP contribution in [-0.4, -0.2) is 0 Å². The fraction of sp³-hybridized carbons (Fsp3) is 1.00. The van der Waals surface area contributed by atoms with Crippen LogP contribution in [0.5, 0.6) is 0 Å². The van der Waals surface area contributed by atoms with Gasteiger partial charge in [0, 0.05) is 0 Å². The molecule has 0 radical (unpaired) electrons. The van der Waals surface area contributed by atoms with E-state index in [1.54, 1.807) is 0 Å². The summed E-state index contributed by atoms with van der Waals surface area (Å²) in [7, 11) is 0. The maximum absolute atomic E-state index is 2.48. The summed E-state index contributed by atoms with van der Waals surface area (Å²) in [5, 5.41) is 0. The summed E-state index contributed by atoms with van der Waals surface area (Å²) in [6.45, 7) is 14.3. The number of hydrogen-bond donors (Lipinski definition) is 0. The monoisotopic (exact) mass is 240 g/mol. The zero-order valence-electron chi connectivity index (χ0n) is 13.3. The van der Waals surface area contributed by atoms with E-state index in [9.17, 15) is 0 Å². The van der Waals surface area contributed by atoms with Gasteiger partial charge in [0.25, 0.3) is 0 Å². The fourth-order valence-electron chi connectivity index (χ4n) is 2.95. The van der Waals surface area contributed by atoms with Gasteiger partial charge < -0.3 is 0 Å². The van der Waals surface area contributed by atoms with E-state index in [1.807, 2.05) is 0 Å². The molecule has 104 valence electrons. The molecule has 0 saturated carbocycles. The first-order valence-corrected chi connectivity index (χ1v) is 8.06. The van der Waals surface area contributed by atoms with E-state index in [0.29, 0.717) is 0 Å². The molecule has 0 aromatic carbocycles. The van der Waals surface area contributed by atoms with Gasteiger partial charge >= 0.3 is 0 Å². The van der Waals surface area contributed by atoms with Crippen LogP contribution < -0.4 is 0 Å². The largest absolute Gasteiger partial charge is 0.0654 e. The second kappa shape index (κ2) is 9.97. The van der Waals surface area contributed by atoms with Crippen molar-refractivity contribution in [2.24, 2.45) is 23.7 Å². The minimum Gasteiger partial charge on any atom is -0.0654 e. The maximum atomic E-state index is 2.48. The zero-order valence-corrected chi connectivity index (χ0v) is 13.3. The Balaban J connectivity index is 3.96. The molecule has 0 spiro atoms. The molecule has 17 heavy (non-hydrogen) atoms. The Kier molecular flexibility index (Phi) is 9.97. The van der Waals surface area contributed by atoms with Gasteiger partial charge in [-0.1, -0.05) is 86.5 Å². The number of rotatable bonds is 10. The Morgan fingerprint density at radius 1 is 0.765 bits per heavy atom. The summed E-state index contributed by atoms with van der Waals surface area (Å²) in [5.41, 5.74) is 0. The lowest BCUT2D eigenvalue weighted by Gasteiger charge is -2.28. The first-order chi connectivity index (χ1) is 8.06. The third-order valence-electron chi connectivity index (χ3n) is 4.88. The van der Waals surface area contributed by atoms with Crippen LogP contribution in [0.3, 0.4) is 0 Å². The zero-order chi connectivity index (χ0) is 13.3. The Bertz CT molecular complexity index is 161. The summed E-state index contributed by atoms with van der Waals surface area (Å²) in [6, 6.07) is 0. The van der Waals surface area contributed by atoms with E-state index in [-0.39, 0.29) is 0 Å². The summed E-state index contributed by atoms with van der Waals surface area (Å²) >= 11 is 0. The Morgan fingerprint density at radius 3 is 1.88 bits per heavy atom. The van der Waals surface area contributed by atoms with Gasteiger partial charge in [0.15, 0.2) is 0 Å². The predicted molar refractivity (Wildman–Crippen MR) is 80.3 cm³/mol. The van der Waals surface area contributed by atoms with E-state index in [4.69, 9.17) is 0 Å². The molecule has 0 aromatic heterocycles. The van der Waals surface area contributed by atoms with Crippen LogP contribution in [0, 0.1) is 23.7 Å². The molecule has 0 rings (SSSR count). The molecule has 0 nitrogen and oxygen atoms in total. The first-order valence-electron chi connectivity index (χ1n) is 8.06. The van der Waals surface area contributed by atoms with Crippen molar-refractivity contribution in [1.82, 2.24) is 0 Å². The highest BCUT2D eigenvalue weighted by molar-refractivity contribution is 4.71. The number of hydrogen-bond acceptors (Lipinski definition) is 0. The van der Waals surface area contributed by atoms with Crippen molar-refractivity contribution in [3.63, 3.8) is 0 Å². The molecule has 0 N–H and O–H groups in total. The van der Waals surface area contributed by atoms with E-state index in [0.717, 1.165) is 23.7 Å². The molecule has 0 saturated heterocycles. The lowest BCUT2D eigenvalue weighted by Crippen LogP contribution is -2.18. The van der Waals surface area contributed by atoms with Gasteiger partial charge in [-0.25, -0.2) is 0 Å². The molecule has 4 unspecified atom stereocenters. The quantitative estimate of drug-likeness (QED) is 0.420. The van der Waals surface area contributed by atoms with E-state index < -0.39 is 0 Å². The van der Waals surface area contributed by atoms with Crippen molar-refractivity contribution in [3.8, 4) is 0 Å². The van der Waals surface area contributed by atoms with Gasteiger partial charge in [-0.2, -0.15) is 0 Å². The molecule has 0 aliphatic heterocycles. The molecule has 0 bridgehead atoms. The first kappa shape index (κ1) is 17.0. The van der Waals surface area contributed by atoms with Gasteiger partial charge in [-0.05, 0) is 23.7 Å². The van der Waals surface area contributed by atoms with Crippen LogP contribution in [0.25, 0.3) is 0 Å². The fourth-order valence-corrected chi connectivity index (χ4v) is 2.95. The van der Waals surface area contributed by atoms with Crippen molar-refractivity contribution in [1.29, 1.82) is 0 Å². The lowest BCUT2D eigenvalue weighted by atomic mass is 9.77. The maximum Gasteiger partial charge on any atom is -0.0389 e. The van der Waals surface area contributed by atoms with E-state index in [2.05, 4.69) is 41.5 Å². The Hall–Kier alpha value is 0.